The topological polar surface area (TPSA) is 60.8 Å². The van der Waals surface area contributed by atoms with E-state index in [0.29, 0.717) is 0 Å². The zero-order valence-corrected chi connectivity index (χ0v) is 11.9. The largest absolute Gasteiger partial charge is 0.416 e. The summed E-state index contributed by atoms with van der Waals surface area (Å²) >= 11 is 0. The SMILES string of the molecule is O=C(/C(F)=C/c1ccc(C(F)(F)F)cc1)N1C[C@H](O)C[C@H](O)C1. The van der Waals surface area contributed by atoms with Crippen LogP contribution in [0.4, 0.5) is 17.6 Å². The van der Waals surface area contributed by atoms with E-state index in [4.69, 9.17) is 0 Å². The van der Waals surface area contributed by atoms with Gasteiger partial charge in [0.25, 0.3) is 5.91 Å². The average molecular weight is 333 g/mol. The minimum absolute atomic E-state index is 0.0990. The van der Waals surface area contributed by atoms with E-state index in [0.717, 1.165) is 35.2 Å². The van der Waals surface area contributed by atoms with Gasteiger partial charge in [0.05, 0.1) is 17.8 Å². The zero-order valence-electron chi connectivity index (χ0n) is 11.9. The third kappa shape index (κ3) is 4.52. The molecule has 0 bridgehead atoms. The van der Waals surface area contributed by atoms with E-state index in [1.165, 1.54) is 0 Å². The first-order valence-electron chi connectivity index (χ1n) is 6.86. The summed E-state index contributed by atoms with van der Waals surface area (Å²) in [6, 6.07) is 3.68. The van der Waals surface area contributed by atoms with Crippen LogP contribution in [0, 0.1) is 0 Å². The van der Waals surface area contributed by atoms with Crippen molar-refractivity contribution in [1.29, 1.82) is 0 Å². The molecule has 8 heteroatoms. The number of nitrogens with zero attached hydrogens (tertiary/aromatic N) is 1. The van der Waals surface area contributed by atoms with Crippen molar-refractivity contribution in [3.63, 3.8) is 0 Å². The molecule has 1 amide bonds. The average Bonchev–Trinajstić information content (AvgIpc) is 2.45. The predicted molar refractivity (Wildman–Crippen MR) is 73.7 cm³/mol. The molecule has 1 aromatic rings. The van der Waals surface area contributed by atoms with Crippen LogP contribution < -0.4 is 0 Å². The lowest BCUT2D eigenvalue weighted by atomic mass is 10.1. The molecule has 126 valence electrons. The number of hydrogen-bond donors (Lipinski definition) is 2. The van der Waals surface area contributed by atoms with Crippen molar-refractivity contribution in [1.82, 2.24) is 4.90 Å². The summed E-state index contributed by atoms with van der Waals surface area (Å²) in [5, 5.41) is 18.9. The smallest absolute Gasteiger partial charge is 0.391 e. The first kappa shape index (κ1) is 17.4. The molecule has 0 aliphatic carbocycles. The summed E-state index contributed by atoms with van der Waals surface area (Å²) in [4.78, 5) is 12.9. The molecule has 2 rings (SSSR count). The van der Waals surface area contributed by atoms with Gasteiger partial charge in [-0.05, 0) is 23.8 Å². The molecule has 23 heavy (non-hydrogen) atoms. The van der Waals surface area contributed by atoms with Crippen molar-refractivity contribution in [2.24, 2.45) is 0 Å². The standard InChI is InChI=1S/C15H15F4NO3/c16-13(14(23)20-7-11(21)6-12(22)8-20)5-9-1-3-10(4-2-9)15(17,18)19/h1-5,11-12,21-22H,6-8H2/b13-5-/t11-,12+. The quantitative estimate of drug-likeness (QED) is 0.643. The van der Waals surface area contributed by atoms with Crippen molar-refractivity contribution in [2.75, 3.05) is 13.1 Å². The Balaban J connectivity index is 2.11. The molecule has 0 unspecified atom stereocenters. The molecule has 0 spiro atoms. The molecule has 1 aromatic carbocycles. The number of hydrogen-bond acceptors (Lipinski definition) is 3. The van der Waals surface area contributed by atoms with Crippen molar-refractivity contribution in [3.8, 4) is 0 Å². The maximum absolute atomic E-state index is 13.9. The predicted octanol–water partition coefficient (Wildman–Crippen LogP) is 1.97. The van der Waals surface area contributed by atoms with Crippen molar-refractivity contribution >= 4 is 12.0 Å². The van der Waals surface area contributed by atoms with Crippen LogP contribution in [0.3, 0.4) is 0 Å². The van der Waals surface area contributed by atoms with Crippen LogP contribution in [0.15, 0.2) is 30.1 Å². The minimum Gasteiger partial charge on any atom is -0.391 e. The molecular weight excluding hydrogens is 318 g/mol. The molecule has 1 heterocycles. The highest BCUT2D eigenvalue weighted by atomic mass is 19.4. The number of rotatable bonds is 2. The van der Waals surface area contributed by atoms with Crippen LogP contribution in [0.25, 0.3) is 6.08 Å². The van der Waals surface area contributed by atoms with Gasteiger partial charge in [-0.15, -0.1) is 0 Å². The molecular formula is C15H15F4NO3. The number of β-amino-alcohol motifs (C(OH)–C–C–N with tert-alkyl or cyclic N) is 2. The summed E-state index contributed by atoms with van der Waals surface area (Å²) in [7, 11) is 0. The zero-order chi connectivity index (χ0) is 17.2. The lowest BCUT2D eigenvalue weighted by molar-refractivity contribution is -0.137. The van der Waals surface area contributed by atoms with Crippen LogP contribution in [0.2, 0.25) is 0 Å². The fourth-order valence-electron chi connectivity index (χ4n) is 2.34. The maximum Gasteiger partial charge on any atom is 0.416 e. The van der Waals surface area contributed by atoms with E-state index in [-0.39, 0.29) is 25.1 Å². The summed E-state index contributed by atoms with van der Waals surface area (Å²) in [6.45, 7) is -0.214. The molecule has 0 radical (unpaired) electrons. The van der Waals surface area contributed by atoms with E-state index >= 15 is 0 Å². The monoisotopic (exact) mass is 333 g/mol. The number of aliphatic hydroxyl groups is 2. The van der Waals surface area contributed by atoms with E-state index < -0.39 is 35.7 Å². The van der Waals surface area contributed by atoms with Crippen LogP contribution in [-0.4, -0.2) is 46.3 Å². The molecule has 4 nitrogen and oxygen atoms in total. The van der Waals surface area contributed by atoms with E-state index in [1.54, 1.807) is 0 Å². The number of aliphatic hydroxyl groups excluding tert-OH is 2. The number of carbonyl (C=O) groups is 1. The molecule has 1 fully saturated rings. The van der Waals surface area contributed by atoms with Gasteiger partial charge in [0.1, 0.15) is 0 Å². The summed E-state index contributed by atoms with van der Waals surface area (Å²) < 4.78 is 51.2. The molecule has 2 N–H and O–H groups in total. The number of carbonyl (C=O) groups excluding carboxylic acids is 1. The Bertz CT molecular complexity index is 588. The molecule has 0 saturated carbocycles. The Kier molecular flexibility index (Phi) is 5.06. The minimum atomic E-state index is -4.49. The number of piperidine rings is 1. The highest BCUT2D eigenvalue weighted by Crippen LogP contribution is 2.29. The second-order valence-corrected chi connectivity index (χ2v) is 5.37. The van der Waals surface area contributed by atoms with Crippen LogP contribution in [0.1, 0.15) is 17.5 Å². The van der Waals surface area contributed by atoms with Crippen LogP contribution in [-0.2, 0) is 11.0 Å². The van der Waals surface area contributed by atoms with Gasteiger partial charge in [-0.2, -0.15) is 13.2 Å². The third-order valence-corrected chi connectivity index (χ3v) is 3.43. The fourth-order valence-corrected chi connectivity index (χ4v) is 2.34. The fraction of sp³-hybridized carbons (Fsp3) is 0.400. The molecule has 1 aliphatic rings. The number of benzene rings is 1. The van der Waals surface area contributed by atoms with Gasteiger partial charge in [0.2, 0.25) is 0 Å². The summed E-state index contributed by atoms with van der Waals surface area (Å²) in [5.41, 5.74) is -0.773. The summed E-state index contributed by atoms with van der Waals surface area (Å²) in [6.07, 6.45) is -5.45. The van der Waals surface area contributed by atoms with Gasteiger partial charge in [-0.1, -0.05) is 12.1 Å². The molecule has 1 saturated heterocycles. The van der Waals surface area contributed by atoms with Crippen molar-refractivity contribution in [3.05, 3.63) is 41.2 Å². The second kappa shape index (κ2) is 6.67. The first-order valence-corrected chi connectivity index (χ1v) is 6.86. The number of halogens is 4. The van der Waals surface area contributed by atoms with Gasteiger partial charge < -0.3 is 15.1 Å². The summed E-state index contributed by atoms with van der Waals surface area (Å²) in [5.74, 6) is -2.20. The van der Waals surface area contributed by atoms with E-state index in [2.05, 4.69) is 0 Å². The Morgan fingerprint density at radius 2 is 1.65 bits per heavy atom. The Morgan fingerprint density at radius 1 is 1.13 bits per heavy atom. The van der Waals surface area contributed by atoms with Gasteiger partial charge in [-0.3, -0.25) is 4.79 Å². The Hall–Kier alpha value is -1.93. The Labute approximate surface area is 129 Å². The first-order chi connectivity index (χ1) is 10.7. The number of likely N-dealkylation sites (tertiary alicyclic amines) is 1. The van der Waals surface area contributed by atoms with Gasteiger partial charge in [0.15, 0.2) is 5.83 Å². The molecule has 0 aromatic heterocycles. The number of alkyl halides is 3. The van der Waals surface area contributed by atoms with Gasteiger partial charge in [-0.25, -0.2) is 4.39 Å². The van der Waals surface area contributed by atoms with Gasteiger partial charge in [0, 0.05) is 19.5 Å². The van der Waals surface area contributed by atoms with Crippen LogP contribution in [0.5, 0.6) is 0 Å². The maximum atomic E-state index is 13.9. The lowest BCUT2D eigenvalue weighted by Crippen LogP contribution is -2.48. The van der Waals surface area contributed by atoms with Crippen molar-refractivity contribution in [2.45, 2.75) is 24.8 Å². The highest BCUT2D eigenvalue weighted by Gasteiger charge is 2.31. The van der Waals surface area contributed by atoms with Crippen LogP contribution >= 0.6 is 0 Å². The van der Waals surface area contributed by atoms with E-state index in [9.17, 15) is 32.6 Å². The lowest BCUT2D eigenvalue weighted by Gasteiger charge is -2.32. The second-order valence-electron chi connectivity index (χ2n) is 5.37. The Morgan fingerprint density at radius 3 is 2.13 bits per heavy atom. The van der Waals surface area contributed by atoms with Gasteiger partial charge >= 0.3 is 6.18 Å². The molecule has 2 atom stereocenters. The molecule has 1 aliphatic heterocycles. The third-order valence-electron chi connectivity index (χ3n) is 3.43. The van der Waals surface area contributed by atoms with Crippen molar-refractivity contribution < 1.29 is 32.6 Å². The number of amides is 1. The van der Waals surface area contributed by atoms with E-state index in [1.807, 2.05) is 0 Å². The normalized spacial score (nSPS) is 23.0. The highest BCUT2D eigenvalue weighted by molar-refractivity contribution is 5.95.